The SMILES string of the molecule is Cc1ccc(NC(=O)CSc2nc(N)cc(N)n2)cc1S(=O)(=O)N1CCOCC1. The molecule has 0 saturated carbocycles. The maximum absolute atomic E-state index is 12.9. The van der Waals surface area contributed by atoms with E-state index in [1.165, 1.54) is 16.4 Å². The number of anilines is 3. The predicted octanol–water partition coefficient (Wildman–Crippen LogP) is 0.701. The molecule has 1 fully saturated rings. The molecule has 0 bridgehead atoms. The topological polar surface area (TPSA) is 154 Å². The van der Waals surface area contributed by atoms with E-state index >= 15 is 0 Å². The first-order valence-corrected chi connectivity index (χ1v) is 11.2. The van der Waals surface area contributed by atoms with E-state index in [2.05, 4.69) is 15.3 Å². The molecule has 5 N–H and O–H groups in total. The maximum Gasteiger partial charge on any atom is 0.243 e. The molecule has 1 amide bonds. The molecule has 156 valence electrons. The molecule has 1 aliphatic heterocycles. The number of nitrogens with one attached hydrogen (secondary N) is 1. The van der Waals surface area contributed by atoms with Gasteiger partial charge in [-0.1, -0.05) is 17.8 Å². The molecule has 1 aromatic heterocycles. The number of nitrogens with two attached hydrogens (primary N) is 2. The van der Waals surface area contributed by atoms with E-state index < -0.39 is 10.0 Å². The van der Waals surface area contributed by atoms with Crippen LogP contribution in [0.25, 0.3) is 0 Å². The summed E-state index contributed by atoms with van der Waals surface area (Å²) in [5, 5.41) is 2.99. The summed E-state index contributed by atoms with van der Waals surface area (Å²) in [6.45, 7) is 3.05. The van der Waals surface area contributed by atoms with Gasteiger partial charge >= 0.3 is 0 Å². The first-order valence-electron chi connectivity index (χ1n) is 8.77. The third-order valence-electron chi connectivity index (χ3n) is 4.14. The van der Waals surface area contributed by atoms with E-state index in [1.807, 2.05) is 0 Å². The van der Waals surface area contributed by atoms with Crippen LogP contribution in [-0.4, -0.2) is 60.7 Å². The molecule has 2 heterocycles. The number of thioether (sulfide) groups is 1. The van der Waals surface area contributed by atoms with Gasteiger partial charge in [-0.3, -0.25) is 4.79 Å². The van der Waals surface area contributed by atoms with Crippen molar-refractivity contribution < 1.29 is 17.9 Å². The average molecular weight is 439 g/mol. The number of hydrogen-bond acceptors (Lipinski definition) is 9. The van der Waals surface area contributed by atoms with Crippen molar-refractivity contribution in [3.8, 4) is 0 Å². The summed E-state index contributed by atoms with van der Waals surface area (Å²) in [7, 11) is -3.67. The van der Waals surface area contributed by atoms with Gasteiger partial charge in [0.2, 0.25) is 15.9 Å². The van der Waals surface area contributed by atoms with Gasteiger partial charge in [0, 0.05) is 24.8 Å². The normalized spacial score (nSPS) is 15.2. The Bertz CT molecular complexity index is 989. The standard InChI is InChI=1S/C17H22N6O4S2/c1-11-2-3-12(8-13(11)29(25,26)23-4-6-27-7-5-23)20-16(24)10-28-17-21-14(18)9-15(19)22-17/h2-3,8-9H,4-7,10H2,1H3,(H,20,24)(H4,18,19,21,22). The molecular weight excluding hydrogens is 416 g/mol. The van der Waals surface area contributed by atoms with Gasteiger partial charge in [0.05, 0.1) is 23.9 Å². The Hall–Kier alpha value is -2.41. The number of nitrogens with zero attached hydrogens (tertiary/aromatic N) is 3. The van der Waals surface area contributed by atoms with Crippen LogP contribution in [0, 0.1) is 6.92 Å². The quantitative estimate of drug-likeness (QED) is 0.437. The zero-order valence-electron chi connectivity index (χ0n) is 15.8. The second kappa shape index (κ2) is 8.95. The minimum atomic E-state index is -3.67. The molecule has 1 saturated heterocycles. The first kappa shape index (κ1) is 21.3. The van der Waals surface area contributed by atoms with Crippen molar-refractivity contribution in [3.05, 3.63) is 29.8 Å². The summed E-state index contributed by atoms with van der Waals surface area (Å²) in [6.07, 6.45) is 0. The number of aryl methyl sites for hydroxylation is 1. The summed E-state index contributed by atoms with van der Waals surface area (Å²) >= 11 is 1.08. The van der Waals surface area contributed by atoms with Crippen molar-refractivity contribution in [2.24, 2.45) is 0 Å². The number of aromatic nitrogens is 2. The van der Waals surface area contributed by atoms with Gasteiger partial charge in [0.1, 0.15) is 11.6 Å². The van der Waals surface area contributed by atoms with Crippen molar-refractivity contribution >= 4 is 45.0 Å². The predicted molar refractivity (Wildman–Crippen MR) is 111 cm³/mol. The summed E-state index contributed by atoms with van der Waals surface area (Å²) in [5.41, 5.74) is 12.2. The lowest BCUT2D eigenvalue weighted by molar-refractivity contribution is -0.113. The van der Waals surface area contributed by atoms with Gasteiger partial charge in [-0.15, -0.1) is 0 Å². The van der Waals surface area contributed by atoms with Crippen molar-refractivity contribution in [2.75, 3.05) is 48.8 Å². The van der Waals surface area contributed by atoms with E-state index in [-0.39, 0.29) is 33.3 Å². The number of ether oxygens (including phenoxy) is 1. The maximum atomic E-state index is 12.9. The third-order valence-corrected chi connectivity index (χ3v) is 7.03. The van der Waals surface area contributed by atoms with Crippen LogP contribution in [0.4, 0.5) is 17.3 Å². The van der Waals surface area contributed by atoms with Crippen LogP contribution in [-0.2, 0) is 19.6 Å². The summed E-state index contributed by atoms with van der Waals surface area (Å²) in [6, 6.07) is 6.22. The minimum absolute atomic E-state index is 0.0162. The number of sulfonamides is 1. The number of carbonyl (C=O) groups excluding carboxylic acids is 1. The molecule has 29 heavy (non-hydrogen) atoms. The zero-order chi connectivity index (χ0) is 21.0. The molecule has 2 aromatic rings. The van der Waals surface area contributed by atoms with E-state index in [0.717, 1.165) is 11.8 Å². The lowest BCUT2D eigenvalue weighted by Crippen LogP contribution is -2.40. The van der Waals surface area contributed by atoms with E-state index in [1.54, 1.807) is 19.1 Å². The smallest absolute Gasteiger partial charge is 0.243 e. The number of benzene rings is 1. The van der Waals surface area contributed by atoms with E-state index in [4.69, 9.17) is 16.2 Å². The monoisotopic (exact) mass is 438 g/mol. The first-order chi connectivity index (χ1) is 13.8. The fraction of sp³-hybridized carbons (Fsp3) is 0.353. The Morgan fingerprint density at radius 2 is 1.86 bits per heavy atom. The molecule has 0 unspecified atom stereocenters. The highest BCUT2D eigenvalue weighted by Crippen LogP contribution is 2.25. The van der Waals surface area contributed by atoms with E-state index in [9.17, 15) is 13.2 Å². The minimum Gasteiger partial charge on any atom is -0.383 e. The van der Waals surface area contributed by atoms with Crippen LogP contribution < -0.4 is 16.8 Å². The van der Waals surface area contributed by atoms with E-state index in [0.29, 0.717) is 37.6 Å². The van der Waals surface area contributed by atoms with Gasteiger partial charge in [-0.2, -0.15) is 4.31 Å². The van der Waals surface area contributed by atoms with Crippen molar-refractivity contribution in [2.45, 2.75) is 17.0 Å². The van der Waals surface area contributed by atoms with Crippen LogP contribution in [0.1, 0.15) is 5.56 Å². The number of amides is 1. The molecule has 0 atom stereocenters. The second-order valence-electron chi connectivity index (χ2n) is 6.33. The van der Waals surface area contributed by atoms with Gasteiger partial charge in [0.15, 0.2) is 5.16 Å². The molecule has 0 spiro atoms. The van der Waals surface area contributed by atoms with Gasteiger partial charge in [0.25, 0.3) is 0 Å². The Morgan fingerprint density at radius 1 is 1.21 bits per heavy atom. The molecule has 10 nitrogen and oxygen atoms in total. The highest BCUT2D eigenvalue weighted by atomic mass is 32.2. The molecular formula is C17H22N6O4S2. The number of carbonyl (C=O) groups is 1. The fourth-order valence-corrected chi connectivity index (χ4v) is 5.07. The largest absolute Gasteiger partial charge is 0.383 e. The highest BCUT2D eigenvalue weighted by molar-refractivity contribution is 7.99. The van der Waals surface area contributed by atoms with Crippen LogP contribution in [0.15, 0.2) is 34.3 Å². The Balaban J connectivity index is 1.69. The third kappa shape index (κ3) is 5.35. The van der Waals surface area contributed by atoms with Crippen LogP contribution in [0.2, 0.25) is 0 Å². The number of hydrogen-bond donors (Lipinski definition) is 3. The Morgan fingerprint density at radius 3 is 2.52 bits per heavy atom. The fourth-order valence-electron chi connectivity index (χ4n) is 2.74. The summed E-state index contributed by atoms with van der Waals surface area (Å²) in [4.78, 5) is 20.4. The lowest BCUT2D eigenvalue weighted by Gasteiger charge is -2.26. The van der Waals surface area contributed by atoms with Crippen LogP contribution >= 0.6 is 11.8 Å². The molecule has 1 aliphatic rings. The lowest BCUT2D eigenvalue weighted by atomic mass is 10.2. The number of rotatable bonds is 6. The number of nitrogen functional groups attached to an aromatic ring is 2. The average Bonchev–Trinajstić information content (AvgIpc) is 2.68. The van der Waals surface area contributed by atoms with Crippen molar-refractivity contribution in [3.63, 3.8) is 0 Å². The molecule has 0 radical (unpaired) electrons. The van der Waals surface area contributed by atoms with Gasteiger partial charge in [-0.05, 0) is 24.6 Å². The molecule has 1 aromatic carbocycles. The zero-order valence-corrected chi connectivity index (χ0v) is 17.4. The van der Waals surface area contributed by atoms with Crippen molar-refractivity contribution in [1.29, 1.82) is 0 Å². The second-order valence-corrected chi connectivity index (χ2v) is 9.18. The Kier molecular flexibility index (Phi) is 6.57. The Labute approximate surface area is 173 Å². The van der Waals surface area contributed by atoms with Gasteiger partial charge < -0.3 is 21.5 Å². The van der Waals surface area contributed by atoms with Crippen LogP contribution in [0.3, 0.4) is 0 Å². The number of morpholine rings is 1. The van der Waals surface area contributed by atoms with Gasteiger partial charge in [-0.25, -0.2) is 18.4 Å². The molecule has 3 rings (SSSR count). The summed E-state index contributed by atoms with van der Waals surface area (Å²) < 4.78 is 32.5. The molecule has 0 aliphatic carbocycles. The van der Waals surface area contributed by atoms with Crippen molar-refractivity contribution in [1.82, 2.24) is 14.3 Å². The van der Waals surface area contributed by atoms with Crippen LogP contribution in [0.5, 0.6) is 0 Å². The summed E-state index contributed by atoms with van der Waals surface area (Å²) in [5.74, 6) is 0.120. The highest BCUT2D eigenvalue weighted by Gasteiger charge is 2.28. The molecule has 12 heteroatoms.